The lowest BCUT2D eigenvalue weighted by Crippen LogP contribution is -2.45. The number of nitrogens with zero attached hydrogens (tertiary/aromatic N) is 4. The van der Waals surface area contributed by atoms with Crippen molar-refractivity contribution in [3.8, 4) is 0 Å². The molecule has 4 heterocycles. The van der Waals surface area contributed by atoms with Crippen molar-refractivity contribution in [2.24, 2.45) is 7.05 Å². The zero-order valence-electron chi connectivity index (χ0n) is 22.0. The zero-order chi connectivity index (χ0) is 26.1. The Hall–Kier alpha value is -3.93. The predicted molar refractivity (Wildman–Crippen MR) is 150 cm³/mol. The number of amides is 2. The first kappa shape index (κ1) is 24.4. The number of piperidine rings is 1. The standard InChI is InChI=1S/C32H34N4O2/c1-34-22-25(27-13-5-6-15-29(27)34)20-31(37)36-17-9-14-28-30(36)19-24(21-33-28)32(38)35-16-8-7-12-26(35)18-23-10-3-2-4-11-23/h2-6,10-11,13,15,19,21-22,26H,7-9,12,14,16-18,20H2,1H3/t26-/m1/s1. The second-order valence-corrected chi connectivity index (χ2v) is 10.6. The Morgan fingerprint density at radius 2 is 1.79 bits per heavy atom. The summed E-state index contributed by atoms with van der Waals surface area (Å²) in [6.45, 7) is 1.41. The van der Waals surface area contributed by atoms with E-state index < -0.39 is 0 Å². The molecule has 2 aliphatic heterocycles. The minimum absolute atomic E-state index is 0.0213. The molecule has 6 nitrogen and oxygen atoms in total. The molecule has 6 heteroatoms. The highest BCUT2D eigenvalue weighted by molar-refractivity contribution is 6.00. The molecule has 2 aromatic carbocycles. The summed E-state index contributed by atoms with van der Waals surface area (Å²) < 4.78 is 2.07. The van der Waals surface area contributed by atoms with Gasteiger partial charge in [-0.3, -0.25) is 14.6 Å². The molecular formula is C32H34N4O2. The summed E-state index contributed by atoms with van der Waals surface area (Å²) >= 11 is 0. The summed E-state index contributed by atoms with van der Waals surface area (Å²) in [6.07, 6.45) is 9.82. The van der Waals surface area contributed by atoms with E-state index in [2.05, 4.69) is 47.2 Å². The molecule has 1 fully saturated rings. The van der Waals surface area contributed by atoms with E-state index in [0.717, 1.165) is 72.9 Å². The fourth-order valence-electron chi connectivity index (χ4n) is 6.17. The van der Waals surface area contributed by atoms with Crippen molar-refractivity contribution in [2.45, 2.75) is 51.0 Å². The van der Waals surface area contributed by atoms with Gasteiger partial charge in [-0.25, -0.2) is 0 Å². The van der Waals surface area contributed by atoms with E-state index in [1.165, 1.54) is 5.56 Å². The van der Waals surface area contributed by atoms with Gasteiger partial charge in [0.2, 0.25) is 5.91 Å². The zero-order valence-corrected chi connectivity index (χ0v) is 22.0. The number of aryl methyl sites for hydroxylation is 2. The van der Waals surface area contributed by atoms with Crippen LogP contribution >= 0.6 is 0 Å². The highest BCUT2D eigenvalue weighted by Gasteiger charge is 2.30. The van der Waals surface area contributed by atoms with Crippen LogP contribution < -0.4 is 4.90 Å². The average molecular weight is 507 g/mol. The molecule has 0 unspecified atom stereocenters. The maximum Gasteiger partial charge on any atom is 0.255 e. The number of rotatable bonds is 5. The Morgan fingerprint density at radius 3 is 2.66 bits per heavy atom. The SMILES string of the molecule is Cn1cc(CC(=O)N2CCCc3ncc(C(=O)N4CCCC[C@@H]4Cc4ccccc4)cc32)c2ccccc21. The van der Waals surface area contributed by atoms with E-state index in [1.54, 1.807) is 6.20 Å². The van der Waals surface area contributed by atoms with Crippen LogP contribution in [0.3, 0.4) is 0 Å². The summed E-state index contributed by atoms with van der Waals surface area (Å²) in [4.78, 5) is 36.0. The fraction of sp³-hybridized carbons (Fsp3) is 0.344. The van der Waals surface area contributed by atoms with Gasteiger partial charge in [-0.2, -0.15) is 0 Å². The summed E-state index contributed by atoms with van der Waals surface area (Å²) in [5.41, 5.74) is 5.68. The maximum atomic E-state index is 13.8. The number of hydrogen-bond donors (Lipinski definition) is 0. The van der Waals surface area contributed by atoms with Gasteiger partial charge >= 0.3 is 0 Å². The predicted octanol–water partition coefficient (Wildman–Crippen LogP) is 5.33. The van der Waals surface area contributed by atoms with Gasteiger partial charge in [0, 0.05) is 49.5 Å². The number of likely N-dealkylation sites (tertiary alicyclic amines) is 1. The molecule has 2 aliphatic rings. The Balaban J connectivity index is 1.25. The molecule has 4 aromatic rings. The molecule has 6 rings (SSSR count). The number of hydrogen-bond acceptors (Lipinski definition) is 3. The number of aromatic nitrogens is 2. The Kier molecular flexibility index (Phi) is 6.71. The topological polar surface area (TPSA) is 58.4 Å². The van der Waals surface area contributed by atoms with Gasteiger partial charge in [0.15, 0.2) is 0 Å². The minimum Gasteiger partial charge on any atom is -0.350 e. The van der Waals surface area contributed by atoms with Crippen LogP contribution in [0.15, 0.2) is 73.1 Å². The maximum absolute atomic E-state index is 13.8. The van der Waals surface area contributed by atoms with Gasteiger partial charge in [-0.05, 0) is 61.8 Å². The van der Waals surface area contributed by atoms with Crippen LogP contribution in [0.2, 0.25) is 0 Å². The molecule has 1 atom stereocenters. The van der Waals surface area contributed by atoms with E-state index in [9.17, 15) is 9.59 Å². The van der Waals surface area contributed by atoms with Gasteiger partial charge in [0.1, 0.15) is 0 Å². The molecule has 1 saturated heterocycles. The first-order valence-electron chi connectivity index (χ1n) is 13.8. The molecule has 0 bridgehead atoms. The van der Waals surface area contributed by atoms with Crippen molar-refractivity contribution < 1.29 is 9.59 Å². The Morgan fingerprint density at radius 1 is 0.974 bits per heavy atom. The van der Waals surface area contributed by atoms with Crippen molar-refractivity contribution in [1.29, 1.82) is 0 Å². The quantitative estimate of drug-likeness (QED) is 0.368. The van der Waals surface area contributed by atoms with Crippen molar-refractivity contribution in [1.82, 2.24) is 14.5 Å². The molecule has 38 heavy (non-hydrogen) atoms. The Labute approximate surface area is 223 Å². The summed E-state index contributed by atoms with van der Waals surface area (Å²) in [5, 5.41) is 1.11. The van der Waals surface area contributed by atoms with Crippen molar-refractivity contribution in [2.75, 3.05) is 18.0 Å². The highest BCUT2D eigenvalue weighted by Crippen LogP contribution is 2.30. The number of benzene rings is 2. The molecular weight excluding hydrogens is 472 g/mol. The third kappa shape index (κ3) is 4.71. The van der Waals surface area contributed by atoms with Crippen LogP contribution in [0, 0.1) is 0 Å². The average Bonchev–Trinajstić information content (AvgIpc) is 3.27. The van der Waals surface area contributed by atoms with Crippen LogP contribution in [0.1, 0.15) is 52.9 Å². The number of anilines is 1. The van der Waals surface area contributed by atoms with Crippen LogP contribution in [0.5, 0.6) is 0 Å². The number of para-hydroxylation sites is 1. The lowest BCUT2D eigenvalue weighted by atomic mass is 9.94. The first-order chi connectivity index (χ1) is 18.6. The van der Waals surface area contributed by atoms with Gasteiger partial charge in [-0.1, -0.05) is 48.5 Å². The second-order valence-electron chi connectivity index (χ2n) is 10.6. The smallest absolute Gasteiger partial charge is 0.255 e. The monoisotopic (exact) mass is 506 g/mol. The normalized spacial score (nSPS) is 17.4. The first-order valence-corrected chi connectivity index (χ1v) is 13.8. The van der Waals surface area contributed by atoms with Crippen LogP contribution in [0.25, 0.3) is 10.9 Å². The Bertz CT molecular complexity index is 1480. The molecule has 0 spiro atoms. The molecule has 2 aromatic heterocycles. The summed E-state index contributed by atoms with van der Waals surface area (Å²) in [5.74, 6) is 0.0709. The third-order valence-electron chi connectivity index (χ3n) is 8.10. The molecule has 0 N–H and O–H groups in total. The van der Waals surface area contributed by atoms with Gasteiger partial charge in [-0.15, -0.1) is 0 Å². The van der Waals surface area contributed by atoms with E-state index >= 15 is 0 Å². The lowest BCUT2D eigenvalue weighted by Gasteiger charge is -2.36. The van der Waals surface area contributed by atoms with Crippen LogP contribution in [0.4, 0.5) is 5.69 Å². The van der Waals surface area contributed by atoms with E-state index in [4.69, 9.17) is 4.98 Å². The number of fused-ring (bicyclic) bond motifs is 2. The molecule has 194 valence electrons. The molecule has 2 amide bonds. The van der Waals surface area contributed by atoms with Crippen LogP contribution in [-0.4, -0.2) is 45.4 Å². The molecule has 0 aliphatic carbocycles. The van der Waals surface area contributed by atoms with Crippen molar-refractivity contribution in [3.63, 3.8) is 0 Å². The summed E-state index contributed by atoms with van der Waals surface area (Å²) in [7, 11) is 2.01. The molecule has 0 radical (unpaired) electrons. The number of carbonyl (C=O) groups excluding carboxylic acids is 2. The third-order valence-corrected chi connectivity index (χ3v) is 8.10. The minimum atomic E-state index is 0.0213. The fourth-order valence-corrected chi connectivity index (χ4v) is 6.17. The van der Waals surface area contributed by atoms with E-state index in [1.807, 2.05) is 41.1 Å². The largest absolute Gasteiger partial charge is 0.350 e. The number of carbonyl (C=O) groups is 2. The van der Waals surface area contributed by atoms with Gasteiger partial charge in [0.05, 0.1) is 23.4 Å². The second kappa shape index (κ2) is 10.4. The molecule has 0 saturated carbocycles. The van der Waals surface area contributed by atoms with Gasteiger partial charge in [0.25, 0.3) is 5.91 Å². The van der Waals surface area contributed by atoms with E-state index in [-0.39, 0.29) is 17.9 Å². The van der Waals surface area contributed by atoms with Gasteiger partial charge < -0.3 is 14.4 Å². The number of pyridine rings is 1. The van der Waals surface area contributed by atoms with E-state index in [0.29, 0.717) is 18.5 Å². The van der Waals surface area contributed by atoms with Crippen LogP contribution in [-0.2, 0) is 31.1 Å². The van der Waals surface area contributed by atoms with Crippen molar-refractivity contribution >= 4 is 28.4 Å². The highest BCUT2D eigenvalue weighted by atomic mass is 16.2. The summed E-state index contributed by atoms with van der Waals surface area (Å²) in [6, 6.07) is 20.7. The van der Waals surface area contributed by atoms with Crippen molar-refractivity contribution in [3.05, 3.63) is 95.4 Å². The lowest BCUT2D eigenvalue weighted by molar-refractivity contribution is -0.118.